The zero-order chi connectivity index (χ0) is 13.9. The third-order valence-electron chi connectivity index (χ3n) is 3.93. The van der Waals surface area contributed by atoms with Gasteiger partial charge in [0.2, 0.25) is 0 Å². The van der Waals surface area contributed by atoms with Gasteiger partial charge in [-0.3, -0.25) is 0 Å². The Morgan fingerprint density at radius 3 is 2.85 bits per heavy atom. The van der Waals surface area contributed by atoms with Crippen molar-refractivity contribution in [3.8, 4) is 0 Å². The standard InChI is InChI=1S/C18H28OS/c1-2-6-12-17(11-5-1)19-15-9-4-10-16-20-18-13-7-3-8-14-18/h1-2,5,11-12,18H,3-4,6-10,13-16H2. The SMILES string of the molecule is C1=CCC=C(OCCCCCSC2CCCCC2)C=C1. The molecule has 0 aromatic heterocycles. The summed E-state index contributed by atoms with van der Waals surface area (Å²) < 4.78 is 5.79. The first kappa shape index (κ1) is 15.8. The summed E-state index contributed by atoms with van der Waals surface area (Å²) in [7, 11) is 0. The Morgan fingerprint density at radius 2 is 1.95 bits per heavy atom. The van der Waals surface area contributed by atoms with Crippen molar-refractivity contribution in [2.75, 3.05) is 12.4 Å². The molecule has 0 N–H and O–H groups in total. The lowest BCUT2D eigenvalue weighted by molar-refractivity contribution is 0.217. The van der Waals surface area contributed by atoms with Gasteiger partial charge in [0.05, 0.1) is 6.61 Å². The van der Waals surface area contributed by atoms with E-state index in [4.69, 9.17) is 4.74 Å². The molecule has 1 nitrogen and oxygen atoms in total. The fraction of sp³-hybridized carbons (Fsp3) is 0.667. The minimum atomic E-state index is 0.865. The van der Waals surface area contributed by atoms with Gasteiger partial charge in [0.25, 0.3) is 0 Å². The number of unbranched alkanes of at least 4 members (excludes halogenated alkanes) is 2. The molecule has 2 aliphatic carbocycles. The van der Waals surface area contributed by atoms with Crippen LogP contribution in [-0.4, -0.2) is 17.6 Å². The number of thioether (sulfide) groups is 1. The third kappa shape index (κ3) is 6.69. The van der Waals surface area contributed by atoms with Gasteiger partial charge in [0.15, 0.2) is 0 Å². The van der Waals surface area contributed by atoms with Crippen molar-refractivity contribution in [3.63, 3.8) is 0 Å². The molecule has 112 valence electrons. The van der Waals surface area contributed by atoms with Crippen molar-refractivity contribution in [3.05, 3.63) is 36.1 Å². The number of hydrogen-bond acceptors (Lipinski definition) is 2. The van der Waals surface area contributed by atoms with Crippen molar-refractivity contribution in [1.82, 2.24) is 0 Å². The maximum absolute atomic E-state index is 5.79. The quantitative estimate of drug-likeness (QED) is 0.535. The maximum Gasteiger partial charge on any atom is 0.115 e. The van der Waals surface area contributed by atoms with Crippen molar-refractivity contribution < 1.29 is 4.74 Å². The van der Waals surface area contributed by atoms with Crippen LogP contribution in [0.3, 0.4) is 0 Å². The summed E-state index contributed by atoms with van der Waals surface area (Å²) in [6, 6.07) is 0. The highest BCUT2D eigenvalue weighted by atomic mass is 32.2. The molecule has 0 aromatic carbocycles. The first-order valence-electron chi connectivity index (χ1n) is 8.23. The van der Waals surface area contributed by atoms with E-state index in [2.05, 4.69) is 42.1 Å². The molecule has 0 unspecified atom stereocenters. The van der Waals surface area contributed by atoms with Crippen LogP contribution in [-0.2, 0) is 4.74 Å². The van der Waals surface area contributed by atoms with Crippen LogP contribution in [0, 0.1) is 0 Å². The van der Waals surface area contributed by atoms with Crippen LogP contribution < -0.4 is 0 Å². The predicted octanol–water partition coefficient (Wildman–Crippen LogP) is 5.64. The Hall–Kier alpha value is -0.630. The highest BCUT2D eigenvalue weighted by Crippen LogP contribution is 2.28. The summed E-state index contributed by atoms with van der Waals surface area (Å²) in [6.45, 7) is 0.865. The Balaban J connectivity index is 1.42. The van der Waals surface area contributed by atoms with E-state index in [-0.39, 0.29) is 0 Å². The van der Waals surface area contributed by atoms with Crippen LogP contribution in [0.1, 0.15) is 57.8 Å². The summed E-state index contributed by atoms with van der Waals surface area (Å²) in [5, 5.41) is 0.966. The molecule has 2 heteroatoms. The summed E-state index contributed by atoms with van der Waals surface area (Å²) in [6.07, 6.45) is 22.6. The Labute approximate surface area is 128 Å². The molecule has 0 saturated heterocycles. The van der Waals surface area contributed by atoms with Crippen LogP contribution in [0.15, 0.2) is 36.1 Å². The van der Waals surface area contributed by atoms with Crippen LogP contribution >= 0.6 is 11.8 Å². The van der Waals surface area contributed by atoms with Gasteiger partial charge in [-0.05, 0) is 56.4 Å². The van der Waals surface area contributed by atoms with Crippen LogP contribution in [0.2, 0.25) is 0 Å². The average molecular weight is 292 g/mol. The van der Waals surface area contributed by atoms with Crippen LogP contribution in [0.4, 0.5) is 0 Å². The number of hydrogen-bond donors (Lipinski definition) is 0. The minimum absolute atomic E-state index is 0.865. The molecular formula is C18H28OS. The Kier molecular flexibility index (Phi) is 7.99. The minimum Gasteiger partial charge on any atom is -0.494 e. The van der Waals surface area contributed by atoms with Gasteiger partial charge >= 0.3 is 0 Å². The molecule has 0 radical (unpaired) electrons. The molecule has 0 aliphatic heterocycles. The summed E-state index contributed by atoms with van der Waals surface area (Å²) >= 11 is 2.21. The van der Waals surface area contributed by atoms with Crippen molar-refractivity contribution in [2.24, 2.45) is 0 Å². The van der Waals surface area contributed by atoms with E-state index in [9.17, 15) is 0 Å². The van der Waals surface area contributed by atoms with E-state index in [0.717, 1.165) is 24.0 Å². The van der Waals surface area contributed by atoms with Gasteiger partial charge in [0, 0.05) is 5.25 Å². The average Bonchev–Trinajstić information content (AvgIpc) is 2.76. The van der Waals surface area contributed by atoms with E-state index in [1.54, 1.807) is 0 Å². The van der Waals surface area contributed by atoms with Crippen molar-refractivity contribution in [2.45, 2.75) is 63.0 Å². The Morgan fingerprint density at radius 1 is 1.05 bits per heavy atom. The molecule has 2 aliphatic rings. The first-order valence-corrected chi connectivity index (χ1v) is 9.28. The molecule has 1 fully saturated rings. The smallest absolute Gasteiger partial charge is 0.115 e. The topological polar surface area (TPSA) is 9.23 Å². The Bertz CT molecular complexity index is 337. The van der Waals surface area contributed by atoms with Gasteiger partial charge in [-0.25, -0.2) is 0 Å². The molecule has 0 heterocycles. The molecule has 0 aromatic rings. The molecule has 1 saturated carbocycles. The molecule has 0 bridgehead atoms. The molecular weight excluding hydrogens is 264 g/mol. The van der Waals surface area contributed by atoms with E-state index in [1.807, 2.05) is 0 Å². The number of ether oxygens (including phenoxy) is 1. The second kappa shape index (κ2) is 10.1. The van der Waals surface area contributed by atoms with E-state index < -0.39 is 0 Å². The van der Waals surface area contributed by atoms with E-state index in [0.29, 0.717) is 0 Å². The normalized spacial score (nSPS) is 19.7. The summed E-state index contributed by atoms with van der Waals surface area (Å²) in [5.74, 6) is 2.38. The van der Waals surface area contributed by atoms with Gasteiger partial charge in [-0.2, -0.15) is 11.8 Å². The first-order chi connectivity index (χ1) is 9.95. The lowest BCUT2D eigenvalue weighted by Crippen LogP contribution is -2.08. The molecule has 2 rings (SSSR count). The van der Waals surface area contributed by atoms with Crippen molar-refractivity contribution >= 4 is 11.8 Å². The zero-order valence-electron chi connectivity index (χ0n) is 12.6. The molecule has 0 spiro atoms. The van der Waals surface area contributed by atoms with Gasteiger partial charge in [-0.1, -0.05) is 37.5 Å². The number of rotatable bonds is 8. The van der Waals surface area contributed by atoms with Crippen LogP contribution in [0.25, 0.3) is 0 Å². The fourth-order valence-corrected chi connectivity index (χ4v) is 4.09. The van der Waals surface area contributed by atoms with Gasteiger partial charge < -0.3 is 4.74 Å². The predicted molar refractivity (Wildman–Crippen MR) is 90.1 cm³/mol. The third-order valence-corrected chi connectivity index (χ3v) is 5.39. The van der Waals surface area contributed by atoms with Crippen LogP contribution in [0.5, 0.6) is 0 Å². The second-order valence-corrected chi connectivity index (χ2v) is 7.08. The highest BCUT2D eigenvalue weighted by molar-refractivity contribution is 7.99. The molecule has 0 atom stereocenters. The lowest BCUT2D eigenvalue weighted by atomic mass is 10.0. The summed E-state index contributed by atoms with van der Waals surface area (Å²) in [4.78, 5) is 0. The monoisotopic (exact) mass is 292 g/mol. The van der Waals surface area contributed by atoms with Gasteiger partial charge in [-0.15, -0.1) is 0 Å². The van der Waals surface area contributed by atoms with Crippen molar-refractivity contribution in [1.29, 1.82) is 0 Å². The van der Waals surface area contributed by atoms with E-state index >= 15 is 0 Å². The molecule has 20 heavy (non-hydrogen) atoms. The fourth-order valence-electron chi connectivity index (χ4n) is 2.72. The zero-order valence-corrected chi connectivity index (χ0v) is 13.4. The largest absolute Gasteiger partial charge is 0.494 e. The maximum atomic E-state index is 5.79. The van der Waals surface area contributed by atoms with E-state index in [1.165, 1.54) is 57.1 Å². The lowest BCUT2D eigenvalue weighted by Gasteiger charge is -2.20. The highest BCUT2D eigenvalue weighted by Gasteiger charge is 2.12. The number of allylic oxidation sites excluding steroid dienone is 5. The molecule has 0 amide bonds. The summed E-state index contributed by atoms with van der Waals surface area (Å²) in [5.41, 5.74) is 0. The second-order valence-electron chi connectivity index (χ2n) is 5.67. The van der Waals surface area contributed by atoms with Gasteiger partial charge in [0.1, 0.15) is 5.76 Å².